The van der Waals surface area contributed by atoms with Crippen LogP contribution in [0.1, 0.15) is 42.0 Å². The fourth-order valence-corrected chi connectivity index (χ4v) is 5.78. The molecule has 0 N–H and O–H groups in total. The van der Waals surface area contributed by atoms with Gasteiger partial charge >= 0.3 is 0 Å². The summed E-state index contributed by atoms with van der Waals surface area (Å²) in [5.41, 5.74) is 3.84. The number of benzene rings is 4. The smallest absolute Gasteiger partial charge is 0.282 e. The topological polar surface area (TPSA) is 109 Å². The molecule has 224 valence electrons. The number of ether oxygens (including phenoxy) is 2. The highest BCUT2D eigenvalue weighted by Gasteiger charge is 2.19. The van der Waals surface area contributed by atoms with E-state index in [-0.39, 0.29) is 23.8 Å². The molecule has 4 aromatic carbocycles. The zero-order chi connectivity index (χ0) is 31.5. The zero-order valence-corrected chi connectivity index (χ0v) is 26.7. The molecular formula is C33H28BrClN4O5. The Balaban J connectivity index is 1.64. The van der Waals surface area contributed by atoms with Gasteiger partial charge in [-0.05, 0) is 81.9 Å². The van der Waals surface area contributed by atoms with Crippen molar-refractivity contribution in [3.8, 4) is 22.9 Å². The maximum atomic E-state index is 13.9. The van der Waals surface area contributed by atoms with Gasteiger partial charge in [0.05, 0.1) is 33.6 Å². The van der Waals surface area contributed by atoms with Crippen molar-refractivity contribution in [2.75, 3.05) is 7.11 Å². The highest BCUT2D eigenvalue weighted by atomic mass is 79.9. The lowest BCUT2D eigenvalue weighted by Gasteiger charge is -2.17. The molecule has 0 saturated heterocycles. The van der Waals surface area contributed by atoms with Gasteiger partial charge in [0.2, 0.25) is 0 Å². The van der Waals surface area contributed by atoms with Crippen molar-refractivity contribution >= 4 is 50.3 Å². The fourth-order valence-electron chi connectivity index (χ4n) is 4.84. The molecule has 11 heteroatoms. The summed E-state index contributed by atoms with van der Waals surface area (Å²) >= 11 is 9.90. The number of hydrogen-bond donors (Lipinski definition) is 0. The van der Waals surface area contributed by atoms with Gasteiger partial charge in [0, 0.05) is 28.3 Å². The van der Waals surface area contributed by atoms with E-state index in [2.05, 4.69) is 34.9 Å². The third-order valence-corrected chi connectivity index (χ3v) is 7.85. The number of nitro groups is 1. The minimum atomic E-state index is -0.457. The van der Waals surface area contributed by atoms with E-state index in [1.54, 1.807) is 49.6 Å². The molecule has 0 saturated carbocycles. The van der Waals surface area contributed by atoms with Gasteiger partial charge in [0.25, 0.3) is 11.2 Å². The van der Waals surface area contributed by atoms with Crippen molar-refractivity contribution in [1.29, 1.82) is 0 Å². The maximum absolute atomic E-state index is 13.9. The van der Waals surface area contributed by atoms with Gasteiger partial charge in [-0.15, -0.1) is 0 Å². The molecule has 1 heterocycles. The van der Waals surface area contributed by atoms with Crippen LogP contribution in [0.25, 0.3) is 22.3 Å². The molecule has 0 aliphatic carbocycles. The molecule has 44 heavy (non-hydrogen) atoms. The average Bonchev–Trinajstić information content (AvgIpc) is 2.99. The van der Waals surface area contributed by atoms with Gasteiger partial charge < -0.3 is 9.47 Å². The van der Waals surface area contributed by atoms with Crippen LogP contribution in [0, 0.1) is 17.0 Å². The summed E-state index contributed by atoms with van der Waals surface area (Å²) in [5.74, 6) is 1.68. The van der Waals surface area contributed by atoms with Gasteiger partial charge in [0.1, 0.15) is 18.1 Å². The molecule has 0 atom stereocenters. The van der Waals surface area contributed by atoms with E-state index in [1.807, 2.05) is 25.1 Å². The maximum Gasteiger partial charge on any atom is 0.282 e. The standard InChI is InChI=1S/C33H28BrClN4O5/c1-19(2)26-16-27(20(3)12-30(26)43-4)32-37-29-11-6-5-10-25(29)33(40)38(32)36-17-22-14-23(35)15-28(34)31(22)44-18-21-8-7-9-24(13-21)39(41)42/h5-17,19H,18H2,1-4H3. The summed E-state index contributed by atoms with van der Waals surface area (Å²) in [6.07, 6.45) is 1.49. The number of hydrogen-bond acceptors (Lipinski definition) is 7. The Labute approximate surface area is 267 Å². The lowest BCUT2D eigenvalue weighted by molar-refractivity contribution is -0.384. The molecule has 5 rings (SSSR count). The van der Waals surface area contributed by atoms with Gasteiger partial charge in [-0.2, -0.15) is 9.78 Å². The first kappa shape index (κ1) is 30.9. The number of non-ortho nitro benzene ring substituents is 1. The second-order valence-electron chi connectivity index (χ2n) is 10.4. The highest BCUT2D eigenvalue weighted by molar-refractivity contribution is 9.10. The van der Waals surface area contributed by atoms with Gasteiger partial charge in [-0.1, -0.05) is 49.7 Å². The Morgan fingerprint density at radius 2 is 1.89 bits per heavy atom. The minimum Gasteiger partial charge on any atom is -0.496 e. The number of aryl methyl sites for hydroxylation is 1. The predicted molar refractivity (Wildman–Crippen MR) is 176 cm³/mol. The summed E-state index contributed by atoms with van der Waals surface area (Å²) in [7, 11) is 1.64. The van der Waals surface area contributed by atoms with Crippen molar-refractivity contribution in [2.45, 2.75) is 33.3 Å². The Morgan fingerprint density at radius 3 is 2.61 bits per heavy atom. The Kier molecular flexibility index (Phi) is 9.12. The molecule has 0 unspecified atom stereocenters. The number of methoxy groups -OCH3 is 1. The van der Waals surface area contributed by atoms with Crippen LogP contribution in [0.2, 0.25) is 5.02 Å². The van der Waals surface area contributed by atoms with E-state index in [0.29, 0.717) is 43.1 Å². The van der Waals surface area contributed by atoms with Crippen molar-refractivity contribution in [1.82, 2.24) is 9.66 Å². The molecule has 9 nitrogen and oxygen atoms in total. The molecule has 5 aromatic rings. The molecule has 0 radical (unpaired) electrons. The number of nitro benzene ring substituents is 1. The van der Waals surface area contributed by atoms with Gasteiger partial charge in [0.15, 0.2) is 5.82 Å². The zero-order valence-electron chi connectivity index (χ0n) is 24.4. The summed E-state index contributed by atoms with van der Waals surface area (Å²) in [6.45, 7) is 6.13. The lowest BCUT2D eigenvalue weighted by Crippen LogP contribution is -2.21. The van der Waals surface area contributed by atoms with Gasteiger partial charge in [-0.25, -0.2) is 4.98 Å². The van der Waals surface area contributed by atoms with Crippen LogP contribution in [-0.4, -0.2) is 27.9 Å². The molecular weight excluding hydrogens is 648 g/mol. The van der Waals surface area contributed by atoms with Crippen molar-refractivity contribution < 1.29 is 14.4 Å². The van der Waals surface area contributed by atoms with E-state index >= 15 is 0 Å². The third kappa shape index (κ3) is 6.36. The highest BCUT2D eigenvalue weighted by Crippen LogP contribution is 2.35. The first-order valence-electron chi connectivity index (χ1n) is 13.7. The van der Waals surface area contributed by atoms with Gasteiger partial charge in [-0.3, -0.25) is 14.9 Å². The number of rotatable bonds is 9. The Bertz CT molecular complexity index is 1990. The molecule has 0 bridgehead atoms. The Morgan fingerprint density at radius 1 is 1.11 bits per heavy atom. The second kappa shape index (κ2) is 13.0. The first-order chi connectivity index (χ1) is 21.1. The van der Waals surface area contributed by atoms with Crippen LogP contribution in [0.3, 0.4) is 0 Å². The van der Waals surface area contributed by atoms with Crippen LogP contribution in [0.4, 0.5) is 5.69 Å². The molecule has 0 amide bonds. The van der Waals surface area contributed by atoms with Crippen LogP contribution in [-0.2, 0) is 6.61 Å². The van der Waals surface area contributed by atoms with E-state index < -0.39 is 4.92 Å². The van der Waals surface area contributed by atoms with Crippen molar-refractivity contribution in [3.05, 3.63) is 125 Å². The molecule has 0 spiro atoms. The molecule has 0 fully saturated rings. The van der Waals surface area contributed by atoms with E-state index in [4.69, 9.17) is 26.1 Å². The predicted octanol–water partition coefficient (Wildman–Crippen LogP) is 8.29. The van der Waals surface area contributed by atoms with E-state index in [1.165, 1.54) is 23.0 Å². The summed E-state index contributed by atoms with van der Waals surface area (Å²) < 4.78 is 13.6. The lowest BCUT2D eigenvalue weighted by atomic mass is 9.96. The van der Waals surface area contributed by atoms with E-state index in [0.717, 1.165) is 22.4 Å². The number of aromatic nitrogens is 2. The van der Waals surface area contributed by atoms with Crippen LogP contribution in [0.15, 0.2) is 87.2 Å². The largest absolute Gasteiger partial charge is 0.496 e. The number of para-hydroxylation sites is 1. The summed E-state index contributed by atoms with van der Waals surface area (Å²) in [4.78, 5) is 29.5. The Hall–Kier alpha value is -4.54. The van der Waals surface area contributed by atoms with Crippen LogP contribution < -0.4 is 15.0 Å². The molecule has 0 aliphatic rings. The third-order valence-electron chi connectivity index (χ3n) is 7.05. The molecule has 0 aliphatic heterocycles. The monoisotopic (exact) mass is 674 g/mol. The van der Waals surface area contributed by atoms with E-state index in [9.17, 15) is 14.9 Å². The quantitative estimate of drug-likeness (QED) is 0.0884. The average molecular weight is 676 g/mol. The minimum absolute atomic E-state index is 0.0341. The SMILES string of the molecule is COc1cc(C)c(-c2nc3ccccc3c(=O)n2N=Cc2cc(Cl)cc(Br)c2OCc2cccc([N+](=O)[O-])c2)cc1C(C)C. The number of nitrogens with zero attached hydrogens (tertiary/aromatic N) is 4. The first-order valence-corrected chi connectivity index (χ1v) is 14.8. The normalized spacial score (nSPS) is 11.4. The number of halogens is 2. The van der Waals surface area contributed by atoms with Crippen molar-refractivity contribution in [3.63, 3.8) is 0 Å². The fraction of sp³-hybridized carbons (Fsp3) is 0.182. The molecule has 1 aromatic heterocycles. The summed E-state index contributed by atoms with van der Waals surface area (Å²) in [5, 5.41) is 16.7. The van der Waals surface area contributed by atoms with Crippen LogP contribution >= 0.6 is 27.5 Å². The van der Waals surface area contributed by atoms with Crippen LogP contribution in [0.5, 0.6) is 11.5 Å². The summed E-state index contributed by atoms with van der Waals surface area (Å²) in [6, 6.07) is 20.6. The van der Waals surface area contributed by atoms with Crippen molar-refractivity contribution in [2.24, 2.45) is 5.10 Å². The number of fused-ring (bicyclic) bond motifs is 1. The second-order valence-corrected chi connectivity index (χ2v) is 11.7.